The maximum atomic E-state index is 12.9. The van der Waals surface area contributed by atoms with Crippen LogP contribution in [0.15, 0.2) is 0 Å². The van der Waals surface area contributed by atoms with Crippen molar-refractivity contribution in [2.45, 2.75) is 142 Å². The Morgan fingerprint density at radius 2 is 1.77 bits per heavy atom. The average Bonchev–Trinajstić information content (AvgIpc) is 3.90. The van der Waals surface area contributed by atoms with Crippen molar-refractivity contribution in [3.63, 3.8) is 0 Å². The Kier molecular flexibility index (Phi) is 7.05. The van der Waals surface area contributed by atoms with Crippen LogP contribution in [-0.4, -0.2) is 72.9 Å². The van der Waals surface area contributed by atoms with E-state index in [4.69, 9.17) is 19.9 Å². The van der Waals surface area contributed by atoms with Crippen molar-refractivity contribution in [3.8, 4) is 0 Å². The second kappa shape index (κ2) is 10.1. The number of morpholine rings is 1. The molecule has 248 valence electrons. The maximum absolute atomic E-state index is 12.9. The summed E-state index contributed by atoms with van der Waals surface area (Å²) in [5.74, 6) is 3.05. The van der Waals surface area contributed by atoms with Crippen molar-refractivity contribution in [1.29, 1.82) is 0 Å². The molecular formula is C37H60N2O5. The minimum absolute atomic E-state index is 0.0490. The summed E-state index contributed by atoms with van der Waals surface area (Å²) in [5, 5.41) is 12.3. The Labute approximate surface area is 265 Å². The van der Waals surface area contributed by atoms with E-state index in [1.807, 2.05) is 4.90 Å². The van der Waals surface area contributed by atoms with Gasteiger partial charge in [-0.2, -0.15) is 0 Å². The van der Waals surface area contributed by atoms with E-state index in [1.54, 1.807) is 0 Å². The van der Waals surface area contributed by atoms with Crippen LogP contribution in [0.2, 0.25) is 0 Å². The summed E-state index contributed by atoms with van der Waals surface area (Å²) in [7, 11) is 0. The van der Waals surface area contributed by atoms with Crippen molar-refractivity contribution in [3.05, 3.63) is 0 Å². The molecule has 0 aromatic carbocycles. The fourth-order valence-electron chi connectivity index (χ4n) is 13.8. The Morgan fingerprint density at radius 1 is 1.02 bits per heavy atom. The van der Waals surface area contributed by atoms with Gasteiger partial charge in [0.05, 0.1) is 37.6 Å². The Bertz CT molecular complexity index is 1160. The second-order valence-electron chi connectivity index (χ2n) is 18.1. The SMILES string of the molecule is C[C@@H]1CC(CCN)OC2C1[C@@]1(C)CCC34C[C@@]35CC[C@H](OC3CN(C(=O)CC6CC6)CCO3)C(C)(C)[C@@H]5CC[C@H]4[C@]1(C)[C@H]2O. The summed E-state index contributed by atoms with van der Waals surface area (Å²) in [4.78, 5) is 14.9. The first kappa shape index (κ1) is 30.6. The number of fused-ring (bicyclic) bond motifs is 4. The molecule has 1 amide bonds. The number of carbonyl (C=O) groups excluding carboxylic acids is 1. The molecule has 0 aromatic rings. The number of aliphatic hydroxyl groups is 1. The Morgan fingerprint density at radius 3 is 2.52 bits per heavy atom. The van der Waals surface area contributed by atoms with Gasteiger partial charge in [-0.15, -0.1) is 0 Å². The zero-order chi connectivity index (χ0) is 30.9. The van der Waals surface area contributed by atoms with Crippen LogP contribution in [0.4, 0.5) is 0 Å². The highest BCUT2D eigenvalue weighted by atomic mass is 16.7. The van der Waals surface area contributed by atoms with Gasteiger partial charge in [-0.3, -0.25) is 4.79 Å². The van der Waals surface area contributed by atoms with Crippen molar-refractivity contribution in [2.75, 3.05) is 26.2 Å². The molecule has 0 bridgehead atoms. The van der Waals surface area contributed by atoms with Gasteiger partial charge in [0.2, 0.25) is 5.91 Å². The third-order valence-electron chi connectivity index (χ3n) is 16.2. The summed E-state index contributed by atoms with van der Waals surface area (Å²) >= 11 is 0. The summed E-state index contributed by atoms with van der Waals surface area (Å²) in [6.45, 7) is 14.9. The fourth-order valence-corrected chi connectivity index (χ4v) is 13.8. The van der Waals surface area contributed by atoms with Crippen LogP contribution in [0, 0.1) is 56.7 Å². The van der Waals surface area contributed by atoms with Gasteiger partial charge in [-0.1, -0.05) is 34.6 Å². The van der Waals surface area contributed by atoms with E-state index in [0.29, 0.717) is 73.1 Å². The molecule has 44 heavy (non-hydrogen) atoms. The summed E-state index contributed by atoms with van der Waals surface area (Å²) in [6, 6.07) is 0. The quantitative estimate of drug-likeness (QED) is 0.411. The first-order valence-electron chi connectivity index (χ1n) is 18.5. The van der Waals surface area contributed by atoms with Gasteiger partial charge < -0.3 is 30.0 Å². The molecule has 8 fully saturated rings. The second-order valence-corrected chi connectivity index (χ2v) is 18.1. The number of hydrogen-bond donors (Lipinski definition) is 2. The van der Waals surface area contributed by atoms with E-state index in [0.717, 1.165) is 19.3 Å². The number of hydrogen-bond acceptors (Lipinski definition) is 6. The first-order chi connectivity index (χ1) is 20.9. The molecule has 8 rings (SSSR count). The lowest BCUT2D eigenvalue weighted by atomic mass is 9.41. The molecule has 7 heteroatoms. The summed E-state index contributed by atoms with van der Waals surface area (Å²) < 4.78 is 19.7. The average molecular weight is 613 g/mol. The normalized spacial score (nSPS) is 54.0. The van der Waals surface area contributed by atoms with Crippen molar-refractivity contribution in [2.24, 2.45) is 62.4 Å². The standard InChI is InChI=1S/C37H60N2O5/c1-22-18-24(11-15-38)43-31-30(22)34(4)13-14-37-21-36(37)12-10-27(33(2,3)25(36)8-9-26(37)35(34,5)32(31)41)44-29-20-39(16-17-42-29)28(40)19-23-6-7-23/h22-27,29-32,41H,6-21,38H2,1-5H3/t22-,24?,25+,26+,27+,29?,30?,31?,32+,34-,35-,36-,37?/m1/s1. The minimum atomic E-state index is -0.404. The lowest BCUT2D eigenvalue weighted by Crippen LogP contribution is -2.60. The Hall–Kier alpha value is -0.730. The smallest absolute Gasteiger partial charge is 0.223 e. The zero-order valence-corrected chi connectivity index (χ0v) is 28.2. The van der Waals surface area contributed by atoms with Gasteiger partial charge in [0, 0.05) is 18.4 Å². The van der Waals surface area contributed by atoms with Gasteiger partial charge >= 0.3 is 0 Å². The van der Waals surface area contributed by atoms with E-state index in [-0.39, 0.29) is 46.8 Å². The van der Waals surface area contributed by atoms with E-state index in [9.17, 15) is 9.90 Å². The fraction of sp³-hybridized carbons (Fsp3) is 0.973. The molecule has 13 atom stereocenters. The van der Waals surface area contributed by atoms with Crippen molar-refractivity contribution < 1.29 is 24.1 Å². The maximum Gasteiger partial charge on any atom is 0.223 e. The highest BCUT2D eigenvalue weighted by Gasteiger charge is 2.84. The monoisotopic (exact) mass is 612 g/mol. The molecule has 2 heterocycles. The van der Waals surface area contributed by atoms with Crippen LogP contribution in [0.25, 0.3) is 0 Å². The lowest BCUT2D eigenvalue weighted by molar-refractivity contribution is -0.248. The summed E-state index contributed by atoms with van der Waals surface area (Å²) in [6.07, 6.45) is 13.2. The summed E-state index contributed by atoms with van der Waals surface area (Å²) in [5.41, 5.74) is 6.70. The van der Waals surface area contributed by atoms with Gasteiger partial charge in [0.1, 0.15) is 0 Å². The molecule has 6 saturated carbocycles. The molecule has 5 unspecified atom stereocenters. The molecule has 6 aliphatic carbocycles. The van der Waals surface area contributed by atoms with E-state index >= 15 is 0 Å². The topological polar surface area (TPSA) is 94.3 Å². The third-order valence-corrected chi connectivity index (χ3v) is 16.2. The number of amides is 1. The van der Waals surface area contributed by atoms with E-state index in [2.05, 4.69) is 34.6 Å². The van der Waals surface area contributed by atoms with Gasteiger partial charge in [-0.25, -0.2) is 0 Å². The number of rotatable bonds is 6. The lowest BCUT2D eigenvalue weighted by Gasteiger charge is -2.64. The van der Waals surface area contributed by atoms with E-state index in [1.165, 1.54) is 51.4 Å². The van der Waals surface area contributed by atoms with Crippen LogP contribution >= 0.6 is 0 Å². The Balaban J connectivity index is 1.01. The van der Waals surface area contributed by atoms with Crippen LogP contribution < -0.4 is 5.73 Å². The van der Waals surface area contributed by atoms with Gasteiger partial charge in [0.25, 0.3) is 0 Å². The largest absolute Gasteiger partial charge is 0.390 e. The molecule has 0 aromatic heterocycles. The predicted molar refractivity (Wildman–Crippen MR) is 168 cm³/mol. The minimum Gasteiger partial charge on any atom is -0.390 e. The van der Waals surface area contributed by atoms with Crippen LogP contribution in [0.1, 0.15) is 112 Å². The molecule has 2 spiro atoms. The molecule has 2 saturated heterocycles. The van der Waals surface area contributed by atoms with Gasteiger partial charge in [-0.05, 0) is 128 Å². The highest BCUT2D eigenvalue weighted by Crippen LogP contribution is 2.89. The molecule has 8 aliphatic rings. The van der Waals surface area contributed by atoms with Gasteiger partial charge in [0.15, 0.2) is 6.29 Å². The van der Waals surface area contributed by atoms with Crippen molar-refractivity contribution in [1.82, 2.24) is 4.90 Å². The molecular weight excluding hydrogens is 552 g/mol. The number of nitrogens with two attached hydrogens (primary N) is 1. The number of nitrogens with zero attached hydrogens (tertiary/aromatic N) is 1. The molecule has 0 radical (unpaired) electrons. The number of ether oxygens (including phenoxy) is 3. The molecule has 2 aliphatic heterocycles. The number of aliphatic hydroxyl groups excluding tert-OH is 1. The molecule has 3 N–H and O–H groups in total. The van der Waals surface area contributed by atoms with Crippen molar-refractivity contribution >= 4 is 5.91 Å². The zero-order valence-electron chi connectivity index (χ0n) is 28.2. The van der Waals surface area contributed by atoms with Crippen LogP contribution in [-0.2, 0) is 19.0 Å². The number of carbonyl (C=O) groups is 1. The van der Waals surface area contributed by atoms with Crippen LogP contribution in [0.5, 0.6) is 0 Å². The molecule has 7 nitrogen and oxygen atoms in total. The highest BCUT2D eigenvalue weighted by molar-refractivity contribution is 5.76. The third kappa shape index (κ3) is 4.00. The predicted octanol–water partition coefficient (Wildman–Crippen LogP) is 5.52. The van der Waals surface area contributed by atoms with E-state index < -0.39 is 6.10 Å². The van der Waals surface area contributed by atoms with Crippen LogP contribution in [0.3, 0.4) is 0 Å². The first-order valence-corrected chi connectivity index (χ1v) is 18.5.